The molecular weight excluding hydrogens is 300 g/mol. The van der Waals surface area contributed by atoms with Gasteiger partial charge in [-0.2, -0.15) is 0 Å². The molecule has 0 aliphatic heterocycles. The van der Waals surface area contributed by atoms with Crippen molar-refractivity contribution in [3.63, 3.8) is 0 Å². The maximum absolute atomic E-state index is 12.1. The van der Waals surface area contributed by atoms with E-state index in [-0.39, 0.29) is 12.3 Å². The highest BCUT2D eigenvalue weighted by atomic mass is 32.1. The van der Waals surface area contributed by atoms with Crippen molar-refractivity contribution < 1.29 is 14.3 Å². The third-order valence-corrected chi connectivity index (χ3v) is 3.93. The van der Waals surface area contributed by atoms with E-state index in [1.54, 1.807) is 0 Å². The van der Waals surface area contributed by atoms with Gasteiger partial charge in [0.05, 0.1) is 24.2 Å². The second-order valence-electron chi connectivity index (χ2n) is 4.87. The van der Waals surface area contributed by atoms with Crippen LogP contribution in [0.5, 0.6) is 0 Å². The number of hydrogen-bond acceptors (Lipinski definition) is 5. The third kappa shape index (κ3) is 4.66. The molecule has 1 atom stereocenters. The first kappa shape index (κ1) is 16.2. The number of carbonyl (C=O) groups is 2. The van der Waals surface area contributed by atoms with E-state index in [9.17, 15) is 9.59 Å². The fraction of sp³-hybridized carbons (Fsp3) is 0.312. The van der Waals surface area contributed by atoms with Gasteiger partial charge in [-0.1, -0.05) is 30.3 Å². The van der Waals surface area contributed by atoms with Crippen molar-refractivity contribution in [1.82, 2.24) is 10.3 Å². The maximum Gasteiger partial charge on any atom is 0.328 e. The van der Waals surface area contributed by atoms with Gasteiger partial charge in [-0.3, -0.25) is 4.79 Å². The van der Waals surface area contributed by atoms with Crippen molar-refractivity contribution >= 4 is 23.2 Å². The molecule has 22 heavy (non-hydrogen) atoms. The highest BCUT2D eigenvalue weighted by Crippen LogP contribution is 2.09. The number of nitrogens with one attached hydrogen (secondary N) is 1. The number of rotatable bonds is 6. The number of carbonyl (C=O) groups excluding carboxylic acids is 2. The molecule has 5 nitrogen and oxygen atoms in total. The van der Waals surface area contributed by atoms with E-state index in [0.717, 1.165) is 10.6 Å². The number of benzene rings is 1. The Labute approximate surface area is 133 Å². The first-order valence-electron chi connectivity index (χ1n) is 6.90. The van der Waals surface area contributed by atoms with Gasteiger partial charge in [0, 0.05) is 11.8 Å². The summed E-state index contributed by atoms with van der Waals surface area (Å²) in [4.78, 5) is 28.2. The largest absolute Gasteiger partial charge is 0.467 e. The van der Waals surface area contributed by atoms with Crippen LogP contribution in [0.25, 0.3) is 0 Å². The Bertz CT molecular complexity index is 640. The van der Waals surface area contributed by atoms with Gasteiger partial charge < -0.3 is 10.1 Å². The summed E-state index contributed by atoms with van der Waals surface area (Å²) < 4.78 is 4.77. The molecule has 1 heterocycles. The number of aromatic nitrogens is 1. The zero-order valence-electron chi connectivity index (χ0n) is 12.5. The SMILES string of the molecule is COC(=O)C(Cc1ccccc1)NC(=O)Cc1csc(C)n1. The second kappa shape index (κ2) is 7.70. The predicted octanol–water partition coefficient (Wildman–Crippen LogP) is 1.89. The normalized spacial score (nSPS) is 11.7. The van der Waals surface area contributed by atoms with Crippen LogP contribution in [0, 0.1) is 6.92 Å². The van der Waals surface area contributed by atoms with Crippen LogP contribution in [0.1, 0.15) is 16.3 Å². The van der Waals surface area contributed by atoms with Gasteiger partial charge in [0.25, 0.3) is 0 Å². The number of nitrogens with zero attached hydrogens (tertiary/aromatic N) is 1. The van der Waals surface area contributed by atoms with Crippen LogP contribution in [0.4, 0.5) is 0 Å². The van der Waals surface area contributed by atoms with E-state index in [4.69, 9.17) is 4.74 Å². The lowest BCUT2D eigenvalue weighted by Crippen LogP contribution is -2.43. The van der Waals surface area contributed by atoms with Crippen molar-refractivity contribution in [3.05, 3.63) is 52.0 Å². The minimum absolute atomic E-state index is 0.159. The maximum atomic E-state index is 12.1. The smallest absolute Gasteiger partial charge is 0.328 e. The van der Waals surface area contributed by atoms with Gasteiger partial charge in [0.15, 0.2) is 0 Å². The van der Waals surface area contributed by atoms with E-state index in [2.05, 4.69) is 10.3 Å². The lowest BCUT2D eigenvalue weighted by molar-refractivity contribution is -0.145. The molecular formula is C16H18N2O3S. The quantitative estimate of drug-likeness (QED) is 0.826. The van der Waals surface area contributed by atoms with Crippen LogP contribution in [0.15, 0.2) is 35.7 Å². The molecule has 0 radical (unpaired) electrons. The van der Waals surface area contributed by atoms with Crippen molar-refractivity contribution in [3.8, 4) is 0 Å². The zero-order chi connectivity index (χ0) is 15.9. The number of thiazole rings is 1. The van der Waals surface area contributed by atoms with E-state index in [1.165, 1.54) is 18.4 Å². The van der Waals surface area contributed by atoms with Crippen LogP contribution in [-0.4, -0.2) is 30.0 Å². The van der Waals surface area contributed by atoms with Crippen LogP contribution in [0.2, 0.25) is 0 Å². The highest BCUT2D eigenvalue weighted by Gasteiger charge is 2.22. The van der Waals surface area contributed by atoms with Crippen molar-refractivity contribution in [2.45, 2.75) is 25.8 Å². The van der Waals surface area contributed by atoms with Crippen LogP contribution < -0.4 is 5.32 Å². The van der Waals surface area contributed by atoms with E-state index in [1.807, 2.05) is 42.6 Å². The molecule has 2 aromatic rings. The monoisotopic (exact) mass is 318 g/mol. The number of hydrogen-bond donors (Lipinski definition) is 1. The topological polar surface area (TPSA) is 68.3 Å². The molecule has 0 aliphatic carbocycles. The molecule has 2 rings (SSSR count). The standard InChI is InChI=1S/C16H18N2O3S/c1-11-17-13(10-22-11)9-15(19)18-14(16(20)21-2)8-12-6-4-3-5-7-12/h3-7,10,14H,8-9H2,1-2H3,(H,18,19). The predicted molar refractivity (Wildman–Crippen MR) is 84.6 cm³/mol. The fourth-order valence-electron chi connectivity index (χ4n) is 2.08. The van der Waals surface area contributed by atoms with Crippen molar-refractivity contribution in [2.75, 3.05) is 7.11 Å². The number of ether oxygens (including phenoxy) is 1. The first-order chi connectivity index (χ1) is 10.6. The molecule has 6 heteroatoms. The van der Waals surface area contributed by atoms with Crippen molar-refractivity contribution in [1.29, 1.82) is 0 Å². The molecule has 1 aromatic carbocycles. The molecule has 0 fully saturated rings. The first-order valence-corrected chi connectivity index (χ1v) is 7.78. The Morgan fingerprint density at radius 1 is 1.32 bits per heavy atom. The van der Waals surface area contributed by atoms with Gasteiger partial charge in [-0.15, -0.1) is 11.3 Å². The summed E-state index contributed by atoms with van der Waals surface area (Å²) in [6, 6.07) is 8.81. The Kier molecular flexibility index (Phi) is 5.66. The van der Waals surface area contributed by atoms with E-state index >= 15 is 0 Å². The summed E-state index contributed by atoms with van der Waals surface area (Å²) in [6.45, 7) is 1.89. The van der Waals surface area contributed by atoms with Crippen LogP contribution in [0.3, 0.4) is 0 Å². The number of methoxy groups -OCH3 is 1. The van der Waals surface area contributed by atoms with Gasteiger partial charge in [0.2, 0.25) is 5.91 Å². The summed E-state index contributed by atoms with van der Waals surface area (Å²) in [7, 11) is 1.32. The number of esters is 1. The second-order valence-corrected chi connectivity index (χ2v) is 5.93. The van der Waals surface area contributed by atoms with E-state index < -0.39 is 12.0 Å². The van der Waals surface area contributed by atoms with Gasteiger partial charge in [0.1, 0.15) is 6.04 Å². The Balaban J connectivity index is 2.00. The summed E-state index contributed by atoms with van der Waals surface area (Å²) in [5, 5.41) is 5.49. The zero-order valence-corrected chi connectivity index (χ0v) is 13.4. The van der Waals surface area contributed by atoms with Crippen molar-refractivity contribution in [2.24, 2.45) is 0 Å². The molecule has 116 valence electrons. The summed E-state index contributed by atoms with van der Waals surface area (Å²) in [5.41, 5.74) is 1.67. The Morgan fingerprint density at radius 2 is 2.05 bits per heavy atom. The molecule has 1 unspecified atom stereocenters. The third-order valence-electron chi connectivity index (χ3n) is 3.11. The molecule has 0 aliphatic rings. The van der Waals surface area contributed by atoms with Crippen LogP contribution >= 0.6 is 11.3 Å². The number of aryl methyl sites for hydroxylation is 1. The highest BCUT2D eigenvalue weighted by molar-refractivity contribution is 7.09. The summed E-state index contributed by atoms with van der Waals surface area (Å²) in [6.07, 6.45) is 0.558. The van der Waals surface area contributed by atoms with Gasteiger partial charge in [-0.25, -0.2) is 9.78 Å². The lowest BCUT2D eigenvalue weighted by Gasteiger charge is -2.16. The Morgan fingerprint density at radius 3 is 2.64 bits per heavy atom. The molecule has 0 spiro atoms. The minimum Gasteiger partial charge on any atom is -0.467 e. The molecule has 1 amide bonds. The molecule has 0 saturated heterocycles. The summed E-state index contributed by atoms with van der Waals surface area (Å²) >= 11 is 1.50. The van der Waals surface area contributed by atoms with E-state index in [0.29, 0.717) is 12.1 Å². The average molecular weight is 318 g/mol. The van der Waals surface area contributed by atoms with Crippen LogP contribution in [-0.2, 0) is 27.2 Å². The molecule has 1 aromatic heterocycles. The van der Waals surface area contributed by atoms with Gasteiger partial charge >= 0.3 is 5.97 Å². The molecule has 0 saturated carbocycles. The molecule has 0 bridgehead atoms. The minimum atomic E-state index is -0.695. The number of amides is 1. The average Bonchev–Trinajstić information content (AvgIpc) is 2.91. The van der Waals surface area contributed by atoms with Gasteiger partial charge in [-0.05, 0) is 12.5 Å². The Hall–Kier alpha value is -2.21. The lowest BCUT2D eigenvalue weighted by atomic mass is 10.1. The molecule has 1 N–H and O–H groups in total. The fourth-order valence-corrected chi connectivity index (χ4v) is 2.70. The summed E-state index contributed by atoms with van der Waals surface area (Å²) in [5.74, 6) is -0.691.